The molecule has 5 heteroatoms. The van der Waals surface area contributed by atoms with E-state index in [2.05, 4.69) is 4.90 Å². The van der Waals surface area contributed by atoms with Crippen molar-refractivity contribution in [2.24, 2.45) is 11.8 Å². The van der Waals surface area contributed by atoms with Crippen molar-refractivity contribution in [2.45, 2.75) is 38.9 Å². The molecule has 1 saturated carbocycles. The number of nitrogens with zero attached hydrogens (tertiary/aromatic N) is 1. The number of ether oxygens (including phenoxy) is 1. The molecular formula is C16H23FN2O2. The Morgan fingerprint density at radius 2 is 2.10 bits per heavy atom. The monoisotopic (exact) mass is 294 g/mol. The normalized spacial score (nSPS) is 28.2. The Kier molecular flexibility index (Phi) is 3.69. The summed E-state index contributed by atoms with van der Waals surface area (Å²) in [7, 11) is 0. The first-order chi connectivity index (χ1) is 9.95. The minimum absolute atomic E-state index is 0.0873. The van der Waals surface area contributed by atoms with E-state index in [-0.39, 0.29) is 18.0 Å². The van der Waals surface area contributed by atoms with Gasteiger partial charge in [0.15, 0.2) is 11.6 Å². The molecule has 1 aliphatic heterocycles. The highest BCUT2D eigenvalue weighted by molar-refractivity contribution is 5.70. The number of rotatable bonds is 3. The largest absolute Gasteiger partial charge is 0.488 e. The Morgan fingerprint density at radius 3 is 2.76 bits per heavy atom. The van der Waals surface area contributed by atoms with Crippen LogP contribution in [0.4, 0.5) is 15.8 Å². The number of benzene rings is 1. The molecule has 21 heavy (non-hydrogen) atoms. The lowest BCUT2D eigenvalue weighted by molar-refractivity contribution is 0.133. The number of anilines is 2. The van der Waals surface area contributed by atoms with Crippen LogP contribution >= 0.6 is 0 Å². The number of aliphatic hydroxyl groups is 1. The highest BCUT2D eigenvalue weighted by Gasteiger charge is 2.42. The minimum Gasteiger partial charge on any atom is -0.488 e. The minimum atomic E-state index is -0.427. The first-order valence-electron chi connectivity index (χ1n) is 7.64. The van der Waals surface area contributed by atoms with Crippen LogP contribution < -0.4 is 15.4 Å². The molecular weight excluding hydrogens is 271 g/mol. The Hall–Kier alpha value is -1.49. The summed E-state index contributed by atoms with van der Waals surface area (Å²) in [5.74, 6) is 0.638. The summed E-state index contributed by atoms with van der Waals surface area (Å²) in [6.07, 6.45) is 1.64. The molecule has 0 spiro atoms. The number of aliphatic hydroxyl groups excluding tert-OH is 1. The highest BCUT2D eigenvalue weighted by atomic mass is 19.1. The fraction of sp³-hybridized carbons (Fsp3) is 0.625. The summed E-state index contributed by atoms with van der Waals surface area (Å²) in [5.41, 5.74) is 7.23. The molecule has 0 radical (unpaired) electrons. The predicted octanol–water partition coefficient (Wildman–Crippen LogP) is 2.40. The molecule has 116 valence electrons. The fourth-order valence-electron chi connectivity index (χ4n) is 3.61. The van der Waals surface area contributed by atoms with Crippen LogP contribution in [-0.2, 0) is 0 Å². The van der Waals surface area contributed by atoms with E-state index in [1.807, 2.05) is 13.8 Å². The van der Waals surface area contributed by atoms with Crippen molar-refractivity contribution < 1.29 is 14.2 Å². The molecule has 2 fully saturated rings. The van der Waals surface area contributed by atoms with Crippen LogP contribution in [-0.4, -0.2) is 30.4 Å². The predicted molar refractivity (Wildman–Crippen MR) is 81.0 cm³/mol. The van der Waals surface area contributed by atoms with E-state index in [0.29, 0.717) is 17.5 Å². The molecule has 0 amide bonds. The summed E-state index contributed by atoms with van der Waals surface area (Å²) < 4.78 is 19.4. The van der Waals surface area contributed by atoms with E-state index in [9.17, 15) is 9.50 Å². The molecule has 1 aliphatic carbocycles. The summed E-state index contributed by atoms with van der Waals surface area (Å²) in [5, 5.41) is 10.0. The van der Waals surface area contributed by atoms with E-state index < -0.39 is 5.82 Å². The van der Waals surface area contributed by atoms with Gasteiger partial charge in [-0.3, -0.25) is 0 Å². The second-order valence-corrected chi connectivity index (χ2v) is 6.48. The van der Waals surface area contributed by atoms with Crippen LogP contribution in [0.15, 0.2) is 12.1 Å². The third-order valence-corrected chi connectivity index (χ3v) is 4.60. The molecule has 3 unspecified atom stereocenters. The molecule has 4 nitrogen and oxygen atoms in total. The van der Waals surface area contributed by atoms with Crippen molar-refractivity contribution in [3.8, 4) is 5.75 Å². The first kappa shape index (κ1) is 14.4. The van der Waals surface area contributed by atoms with E-state index in [1.54, 1.807) is 6.07 Å². The summed E-state index contributed by atoms with van der Waals surface area (Å²) in [4.78, 5) is 2.15. The van der Waals surface area contributed by atoms with Gasteiger partial charge in [-0.1, -0.05) is 0 Å². The van der Waals surface area contributed by atoms with Crippen molar-refractivity contribution in [1.29, 1.82) is 0 Å². The topological polar surface area (TPSA) is 58.7 Å². The maximum Gasteiger partial charge on any atom is 0.167 e. The molecule has 3 rings (SSSR count). The van der Waals surface area contributed by atoms with E-state index in [0.717, 1.165) is 31.6 Å². The van der Waals surface area contributed by atoms with Gasteiger partial charge in [-0.15, -0.1) is 0 Å². The lowest BCUT2D eigenvalue weighted by atomic mass is 10.00. The molecule has 2 aliphatic rings. The zero-order chi connectivity index (χ0) is 15.1. The van der Waals surface area contributed by atoms with Crippen LogP contribution in [0, 0.1) is 17.7 Å². The summed E-state index contributed by atoms with van der Waals surface area (Å²) in [6.45, 7) is 5.39. The van der Waals surface area contributed by atoms with Crippen LogP contribution in [0.1, 0.15) is 26.7 Å². The van der Waals surface area contributed by atoms with Gasteiger partial charge in [0.1, 0.15) is 0 Å². The number of hydrogen-bond acceptors (Lipinski definition) is 4. The van der Waals surface area contributed by atoms with Crippen LogP contribution in [0.25, 0.3) is 0 Å². The Bertz CT molecular complexity index is 535. The van der Waals surface area contributed by atoms with Crippen LogP contribution in [0.3, 0.4) is 0 Å². The molecule has 1 aromatic rings. The average Bonchev–Trinajstić information content (AvgIpc) is 2.95. The van der Waals surface area contributed by atoms with Gasteiger partial charge in [0.25, 0.3) is 0 Å². The van der Waals surface area contributed by atoms with E-state index in [1.165, 1.54) is 6.07 Å². The Morgan fingerprint density at radius 1 is 1.33 bits per heavy atom. The highest BCUT2D eigenvalue weighted by Crippen LogP contribution is 2.42. The Balaban J connectivity index is 1.85. The summed E-state index contributed by atoms with van der Waals surface area (Å²) in [6, 6.07) is 3.02. The Labute approximate surface area is 124 Å². The maximum absolute atomic E-state index is 13.9. The summed E-state index contributed by atoms with van der Waals surface area (Å²) >= 11 is 0. The van der Waals surface area contributed by atoms with Crippen LogP contribution in [0.5, 0.6) is 5.75 Å². The van der Waals surface area contributed by atoms with Crippen molar-refractivity contribution in [3.05, 3.63) is 17.9 Å². The number of fused-ring (bicyclic) bond motifs is 1. The zero-order valence-corrected chi connectivity index (χ0v) is 12.6. The van der Waals surface area contributed by atoms with Crippen molar-refractivity contribution in [2.75, 3.05) is 23.7 Å². The zero-order valence-electron chi connectivity index (χ0n) is 12.6. The number of hydrogen-bond donors (Lipinski definition) is 2. The molecule has 0 aromatic heterocycles. The number of nitrogens with two attached hydrogens (primary N) is 1. The molecule has 1 heterocycles. The molecule has 3 atom stereocenters. The number of nitrogen functional groups attached to an aromatic ring is 1. The second kappa shape index (κ2) is 5.37. The van der Waals surface area contributed by atoms with E-state index >= 15 is 0 Å². The van der Waals surface area contributed by atoms with Gasteiger partial charge in [0.05, 0.1) is 23.6 Å². The third kappa shape index (κ3) is 2.67. The second-order valence-electron chi connectivity index (χ2n) is 6.48. The van der Waals surface area contributed by atoms with Crippen molar-refractivity contribution >= 4 is 11.4 Å². The van der Waals surface area contributed by atoms with Gasteiger partial charge in [0, 0.05) is 31.1 Å². The van der Waals surface area contributed by atoms with Gasteiger partial charge in [-0.25, -0.2) is 4.39 Å². The van der Waals surface area contributed by atoms with E-state index in [4.69, 9.17) is 10.5 Å². The maximum atomic E-state index is 13.9. The molecule has 0 bridgehead atoms. The fourth-order valence-corrected chi connectivity index (χ4v) is 3.61. The lowest BCUT2D eigenvalue weighted by Gasteiger charge is -2.23. The van der Waals surface area contributed by atoms with Gasteiger partial charge in [-0.05, 0) is 32.6 Å². The third-order valence-electron chi connectivity index (χ3n) is 4.60. The lowest BCUT2D eigenvalue weighted by Crippen LogP contribution is -2.25. The van der Waals surface area contributed by atoms with Gasteiger partial charge < -0.3 is 20.5 Å². The SMILES string of the molecule is CC(C)Oc1cc(N2CC3CCC(O)C3C2)c(N)cc1F. The quantitative estimate of drug-likeness (QED) is 0.841. The van der Waals surface area contributed by atoms with Gasteiger partial charge >= 0.3 is 0 Å². The molecule has 1 aromatic carbocycles. The standard InChI is InChI=1S/C16H23FN2O2/c1-9(2)21-16-6-14(13(18)5-12(16)17)19-7-10-3-4-15(20)11(10)8-19/h5-6,9-11,15,20H,3-4,7-8,18H2,1-2H3. The first-order valence-corrected chi connectivity index (χ1v) is 7.64. The molecule has 1 saturated heterocycles. The van der Waals surface area contributed by atoms with Gasteiger partial charge in [-0.2, -0.15) is 0 Å². The average molecular weight is 294 g/mol. The van der Waals surface area contributed by atoms with Crippen LogP contribution in [0.2, 0.25) is 0 Å². The molecule has 3 N–H and O–H groups in total. The van der Waals surface area contributed by atoms with Crippen molar-refractivity contribution in [3.63, 3.8) is 0 Å². The number of halogens is 1. The van der Waals surface area contributed by atoms with Crippen molar-refractivity contribution in [1.82, 2.24) is 0 Å². The smallest absolute Gasteiger partial charge is 0.167 e. The van der Waals surface area contributed by atoms with Gasteiger partial charge in [0.2, 0.25) is 0 Å².